The van der Waals surface area contributed by atoms with Gasteiger partial charge in [-0.2, -0.15) is 4.98 Å². The van der Waals surface area contributed by atoms with E-state index in [1.54, 1.807) is 0 Å². The number of nitrogens with two attached hydrogens (primary N) is 1. The molecule has 0 aliphatic heterocycles. The third kappa shape index (κ3) is 6.38. The molecule has 0 atom stereocenters. The lowest BCUT2D eigenvalue weighted by Crippen LogP contribution is -2.14. The molecule has 0 fully saturated rings. The average Bonchev–Trinajstić information content (AvgIpc) is 2.87. The fraction of sp³-hybridized carbons (Fsp3) is 0.643. The van der Waals surface area contributed by atoms with Gasteiger partial charge < -0.3 is 15.6 Å². The fourth-order valence-corrected chi connectivity index (χ4v) is 1.55. The van der Waals surface area contributed by atoms with Crippen LogP contribution in [0.2, 0.25) is 0 Å². The SMILES string of the molecule is CCCCCC#Cc1nc(C(N)=O)nn1COCCCO. The monoisotopic (exact) mass is 294 g/mol. The second-order valence-corrected chi connectivity index (χ2v) is 4.50. The van der Waals surface area contributed by atoms with Gasteiger partial charge in [0, 0.05) is 13.0 Å². The second-order valence-electron chi connectivity index (χ2n) is 4.50. The van der Waals surface area contributed by atoms with Gasteiger partial charge in [-0.05, 0) is 18.8 Å². The first-order chi connectivity index (χ1) is 10.2. The highest BCUT2D eigenvalue weighted by molar-refractivity contribution is 5.88. The van der Waals surface area contributed by atoms with Gasteiger partial charge in [-0.15, -0.1) is 5.10 Å². The zero-order chi connectivity index (χ0) is 15.5. The first-order valence-corrected chi connectivity index (χ1v) is 7.11. The van der Waals surface area contributed by atoms with Crippen LogP contribution in [0.5, 0.6) is 0 Å². The number of carbonyl (C=O) groups excluding carboxylic acids is 1. The zero-order valence-electron chi connectivity index (χ0n) is 12.3. The molecule has 1 rings (SSSR count). The minimum absolute atomic E-state index is 0.0635. The first-order valence-electron chi connectivity index (χ1n) is 7.11. The van der Waals surface area contributed by atoms with Crippen molar-refractivity contribution in [2.45, 2.75) is 45.8 Å². The van der Waals surface area contributed by atoms with Gasteiger partial charge >= 0.3 is 0 Å². The van der Waals surface area contributed by atoms with Crippen molar-refractivity contribution in [3.05, 3.63) is 11.6 Å². The Labute approximate surface area is 124 Å². The van der Waals surface area contributed by atoms with Crippen LogP contribution in [0, 0.1) is 11.8 Å². The number of aromatic nitrogens is 3. The van der Waals surface area contributed by atoms with E-state index < -0.39 is 5.91 Å². The van der Waals surface area contributed by atoms with Crippen molar-refractivity contribution in [2.75, 3.05) is 13.2 Å². The lowest BCUT2D eigenvalue weighted by molar-refractivity contribution is 0.0575. The number of nitrogens with zero attached hydrogens (tertiary/aromatic N) is 3. The highest BCUT2D eigenvalue weighted by atomic mass is 16.5. The van der Waals surface area contributed by atoms with Gasteiger partial charge in [-0.25, -0.2) is 4.68 Å². The summed E-state index contributed by atoms with van der Waals surface area (Å²) in [7, 11) is 0. The molecule has 0 bridgehead atoms. The van der Waals surface area contributed by atoms with Crippen LogP contribution in [0.25, 0.3) is 0 Å². The van der Waals surface area contributed by atoms with Crippen LogP contribution >= 0.6 is 0 Å². The molecule has 0 aliphatic carbocycles. The summed E-state index contributed by atoms with van der Waals surface area (Å²) < 4.78 is 6.73. The minimum Gasteiger partial charge on any atom is -0.396 e. The van der Waals surface area contributed by atoms with Crippen LogP contribution in [-0.2, 0) is 11.5 Å². The largest absolute Gasteiger partial charge is 0.396 e. The molecule has 0 aliphatic rings. The summed E-state index contributed by atoms with van der Waals surface area (Å²) in [4.78, 5) is 15.1. The van der Waals surface area contributed by atoms with Gasteiger partial charge in [-0.3, -0.25) is 4.79 Å². The molecule has 0 unspecified atom stereocenters. The number of aliphatic hydroxyl groups is 1. The van der Waals surface area contributed by atoms with Crippen LogP contribution in [0.1, 0.15) is 55.5 Å². The van der Waals surface area contributed by atoms with Crippen molar-refractivity contribution >= 4 is 5.91 Å². The summed E-state index contributed by atoms with van der Waals surface area (Å²) in [5, 5.41) is 12.6. The smallest absolute Gasteiger partial charge is 0.288 e. The summed E-state index contributed by atoms with van der Waals surface area (Å²) >= 11 is 0. The maximum atomic E-state index is 11.1. The van der Waals surface area contributed by atoms with E-state index in [2.05, 4.69) is 28.8 Å². The predicted molar refractivity (Wildman–Crippen MR) is 77.2 cm³/mol. The summed E-state index contributed by atoms with van der Waals surface area (Å²) in [6.45, 7) is 2.71. The topological polar surface area (TPSA) is 103 Å². The van der Waals surface area contributed by atoms with Gasteiger partial charge in [0.1, 0.15) is 6.73 Å². The van der Waals surface area contributed by atoms with Gasteiger partial charge in [0.05, 0.1) is 6.61 Å². The first kappa shape index (κ1) is 17.1. The molecule has 7 nitrogen and oxygen atoms in total. The number of unbranched alkanes of at least 4 members (excludes halogenated alkanes) is 3. The summed E-state index contributed by atoms with van der Waals surface area (Å²) in [6.07, 6.45) is 4.63. The van der Waals surface area contributed by atoms with E-state index in [0.29, 0.717) is 18.9 Å². The van der Waals surface area contributed by atoms with E-state index in [4.69, 9.17) is 15.6 Å². The minimum atomic E-state index is -0.696. The number of carbonyl (C=O) groups is 1. The maximum absolute atomic E-state index is 11.1. The number of amides is 1. The van der Waals surface area contributed by atoms with E-state index >= 15 is 0 Å². The van der Waals surface area contributed by atoms with Crippen LogP contribution in [0.3, 0.4) is 0 Å². The molecule has 0 spiro atoms. The molecule has 1 aromatic rings. The predicted octanol–water partition coefficient (Wildman–Crippen LogP) is 0.665. The standard InChI is InChI=1S/C14H22N4O3/c1-2-3-4-5-6-8-12-16-14(13(15)20)17-18(12)11-21-10-7-9-19/h19H,2-5,7,9-11H2,1H3,(H2,15,20). The van der Waals surface area contributed by atoms with Crippen molar-refractivity contribution < 1.29 is 14.6 Å². The molecule has 1 aromatic heterocycles. The average molecular weight is 294 g/mol. The summed E-state index contributed by atoms with van der Waals surface area (Å²) in [6, 6.07) is 0. The molecular formula is C14H22N4O3. The Morgan fingerprint density at radius 3 is 2.90 bits per heavy atom. The Hall–Kier alpha value is -1.91. The molecule has 21 heavy (non-hydrogen) atoms. The molecule has 1 heterocycles. The Bertz CT molecular complexity index is 502. The molecule has 7 heteroatoms. The summed E-state index contributed by atoms with van der Waals surface area (Å²) in [5.74, 6) is 5.50. The van der Waals surface area contributed by atoms with Gasteiger partial charge in [0.15, 0.2) is 0 Å². The summed E-state index contributed by atoms with van der Waals surface area (Å²) in [5.41, 5.74) is 5.17. The van der Waals surface area contributed by atoms with Crippen molar-refractivity contribution in [3.8, 4) is 11.8 Å². The van der Waals surface area contributed by atoms with E-state index in [0.717, 1.165) is 25.7 Å². The Morgan fingerprint density at radius 2 is 2.24 bits per heavy atom. The van der Waals surface area contributed by atoms with Crippen molar-refractivity contribution in [2.24, 2.45) is 5.73 Å². The number of primary amides is 1. The van der Waals surface area contributed by atoms with Crippen LogP contribution in [-0.4, -0.2) is 39.0 Å². The molecule has 0 radical (unpaired) electrons. The highest BCUT2D eigenvalue weighted by Crippen LogP contribution is 2.00. The molecule has 116 valence electrons. The van der Waals surface area contributed by atoms with E-state index in [1.807, 2.05) is 0 Å². The van der Waals surface area contributed by atoms with Crippen LogP contribution in [0.15, 0.2) is 0 Å². The molecule has 0 saturated carbocycles. The quantitative estimate of drug-likeness (QED) is 0.514. The normalized spacial score (nSPS) is 10.2. The molecular weight excluding hydrogens is 272 g/mol. The lowest BCUT2D eigenvalue weighted by atomic mass is 10.2. The molecule has 1 amide bonds. The van der Waals surface area contributed by atoms with Gasteiger partial charge in [0.25, 0.3) is 5.91 Å². The van der Waals surface area contributed by atoms with E-state index in [9.17, 15) is 4.79 Å². The van der Waals surface area contributed by atoms with Gasteiger partial charge in [-0.1, -0.05) is 25.7 Å². The fourth-order valence-electron chi connectivity index (χ4n) is 1.55. The van der Waals surface area contributed by atoms with Gasteiger partial charge in [0.2, 0.25) is 11.6 Å². The number of hydrogen-bond donors (Lipinski definition) is 2. The third-order valence-corrected chi connectivity index (χ3v) is 2.66. The Balaban J connectivity index is 2.67. The lowest BCUT2D eigenvalue weighted by Gasteiger charge is -2.03. The number of ether oxygens (including phenoxy) is 1. The molecule has 0 saturated heterocycles. The maximum Gasteiger partial charge on any atom is 0.288 e. The third-order valence-electron chi connectivity index (χ3n) is 2.66. The van der Waals surface area contributed by atoms with Crippen molar-refractivity contribution in [1.29, 1.82) is 0 Å². The highest BCUT2D eigenvalue weighted by Gasteiger charge is 2.12. The van der Waals surface area contributed by atoms with Crippen LogP contribution < -0.4 is 5.73 Å². The van der Waals surface area contributed by atoms with E-state index in [-0.39, 0.29) is 19.2 Å². The Kier molecular flexibility index (Phi) is 8.09. The Morgan fingerprint density at radius 1 is 1.43 bits per heavy atom. The second kappa shape index (κ2) is 9.91. The zero-order valence-corrected chi connectivity index (χ0v) is 12.3. The molecule has 0 aromatic carbocycles. The van der Waals surface area contributed by atoms with Crippen molar-refractivity contribution in [3.63, 3.8) is 0 Å². The molecule has 3 N–H and O–H groups in total. The van der Waals surface area contributed by atoms with Crippen molar-refractivity contribution in [1.82, 2.24) is 14.8 Å². The van der Waals surface area contributed by atoms with Crippen LogP contribution in [0.4, 0.5) is 0 Å². The van der Waals surface area contributed by atoms with E-state index in [1.165, 1.54) is 4.68 Å². The number of hydrogen-bond acceptors (Lipinski definition) is 5. The number of rotatable bonds is 9. The number of aliphatic hydroxyl groups excluding tert-OH is 1.